The second-order valence-electron chi connectivity index (χ2n) is 7.03. The number of rotatable bonds is 5. The van der Waals surface area contributed by atoms with Crippen LogP contribution in [0.3, 0.4) is 0 Å². The molecule has 1 aliphatic heterocycles. The molecule has 0 saturated heterocycles. The number of aromatic nitrogens is 1. The molecule has 2 aliphatic rings. The largest absolute Gasteiger partial charge is 0.383 e. The van der Waals surface area contributed by atoms with Gasteiger partial charge in [-0.25, -0.2) is 4.98 Å². The van der Waals surface area contributed by atoms with Gasteiger partial charge in [0.1, 0.15) is 0 Å². The van der Waals surface area contributed by atoms with E-state index in [1.54, 1.807) is 12.1 Å². The first-order valence-electron chi connectivity index (χ1n) is 8.64. The van der Waals surface area contributed by atoms with E-state index in [4.69, 9.17) is 4.84 Å². The summed E-state index contributed by atoms with van der Waals surface area (Å²) in [6.45, 7) is 3.74. The van der Waals surface area contributed by atoms with Gasteiger partial charge in [-0.3, -0.25) is 14.9 Å². The van der Waals surface area contributed by atoms with Crippen molar-refractivity contribution in [3.05, 3.63) is 55.5 Å². The first-order chi connectivity index (χ1) is 12.9. The fraction of sp³-hybridized carbons (Fsp3) is 0.389. The molecule has 0 spiro atoms. The van der Waals surface area contributed by atoms with Crippen molar-refractivity contribution in [2.24, 2.45) is 5.16 Å². The van der Waals surface area contributed by atoms with Gasteiger partial charge in [0, 0.05) is 30.2 Å². The highest BCUT2D eigenvalue weighted by molar-refractivity contribution is 7.13. The summed E-state index contributed by atoms with van der Waals surface area (Å²) >= 11 is 1.31. The Labute approximate surface area is 159 Å². The fourth-order valence-electron chi connectivity index (χ4n) is 3.07. The third-order valence-electron chi connectivity index (χ3n) is 4.64. The number of hydrogen-bond donors (Lipinski definition) is 1. The molecular formula is C18H18N4O4S. The maximum Gasteiger partial charge on any atom is 0.280 e. The Kier molecular flexibility index (Phi) is 4.18. The lowest BCUT2D eigenvalue weighted by Gasteiger charge is -2.20. The van der Waals surface area contributed by atoms with E-state index in [2.05, 4.69) is 15.5 Å². The first-order valence-corrected chi connectivity index (χ1v) is 9.46. The number of nitrogens with zero attached hydrogens (tertiary/aromatic N) is 3. The van der Waals surface area contributed by atoms with E-state index < -0.39 is 10.5 Å². The van der Waals surface area contributed by atoms with Gasteiger partial charge in [0.25, 0.3) is 11.6 Å². The number of thiazole rings is 1. The van der Waals surface area contributed by atoms with Crippen LogP contribution in [0.5, 0.6) is 0 Å². The van der Waals surface area contributed by atoms with Crippen LogP contribution < -0.4 is 5.32 Å². The molecule has 2 aromatic rings. The summed E-state index contributed by atoms with van der Waals surface area (Å²) in [5.74, 6) is -0.154. The van der Waals surface area contributed by atoms with Gasteiger partial charge >= 0.3 is 0 Å². The lowest BCUT2D eigenvalue weighted by molar-refractivity contribution is -0.384. The van der Waals surface area contributed by atoms with Crippen molar-refractivity contribution in [3.8, 4) is 0 Å². The summed E-state index contributed by atoms with van der Waals surface area (Å²) in [5, 5.41) is 18.5. The summed E-state index contributed by atoms with van der Waals surface area (Å²) in [6.07, 6.45) is 2.48. The predicted octanol–water partition coefficient (Wildman–Crippen LogP) is 3.29. The Balaban J connectivity index is 1.55. The van der Waals surface area contributed by atoms with Crippen LogP contribution in [0, 0.1) is 17.0 Å². The summed E-state index contributed by atoms with van der Waals surface area (Å²) < 4.78 is 0. The Bertz CT molecular complexity index is 966. The van der Waals surface area contributed by atoms with Gasteiger partial charge < -0.3 is 10.2 Å². The molecule has 27 heavy (non-hydrogen) atoms. The molecule has 1 atom stereocenters. The minimum atomic E-state index is -0.750. The molecule has 4 rings (SSSR count). The molecule has 0 radical (unpaired) electrons. The number of nitro groups is 1. The molecule has 1 unspecified atom stereocenters. The number of non-ortho nitro benzene ring substituents is 1. The minimum absolute atomic E-state index is 0.0109. The van der Waals surface area contributed by atoms with E-state index in [9.17, 15) is 14.9 Å². The summed E-state index contributed by atoms with van der Waals surface area (Å²) in [4.78, 5) is 33.8. The molecule has 1 amide bonds. The smallest absolute Gasteiger partial charge is 0.280 e. The molecule has 1 N–H and O–H groups in total. The van der Waals surface area contributed by atoms with E-state index in [1.165, 1.54) is 23.5 Å². The number of oxime groups is 1. The topological polar surface area (TPSA) is 107 Å². The number of amides is 1. The predicted molar refractivity (Wildman–Crippen MR) is 100 cm³/mol. The van der Waals surface area contributed by atoms with Gasteiger partial charge in [-0.05, 0) is 26.7 Å². The number of hydrogen-bond acceptors (Lipinski definition) is 7. The van der Waals surface area contributed by atoms with Crippen molar-refractivity contribution in [1.29, 1.82) is 0 Å². The number of benzene rings is 1. The highest BCUT2D eigenvalue weighted by Crippen LogP contribution is 2.41. The number of carbonyl (C=O) groups is 1. The van der Waals surface area contributed by atoms with Gasteiger partial charge in [-0.2, -0.15) is 0 Å². The highest BCUT2D eigenvalue weighted by atomic mass is 32.1. The number of nitrogens with one attached hydrogen (secondary N) is 1. The second-order valence-corrected chi connectivity index (χ2v) is 8.02. The quantitative estimate of drug-likeness (QED) is 0.627. The SMILES string of the molecule is Cc1nc(C(=O)NC2CC2)sc1C1(C)CC(c2cccc([N+](=O)[O-])c2)=NO1. The number of nitro benzene ring substituents is 1. The fourth-order valence-corrected chi connectivity index (χ4v) is 4.12. The van der Waals surface area contributed by atoms with Crippen molar-refractivity contribution >= 4 is 28.6 Å². The van der Waals surface area contributed by atoms with Crippen LogP contribution in [0.1, 0.15) is 52.1 Å². The Morgan fingerprint density at radius 2 is 2.22 bits per heavy atom. The Morgan fingerprint density at radius 1 is 1.44 bits per heavy atom. The average Bonchev–Trinajstić information content (AvgIpc) is 3.22. The van der Waals surface area contributed by atoms with Gasteiger partial charge in [-0.15, -0.1) is 11.3 Å². The number of carbonyl (C=O) groups excluding carboxylic acids is 1. The van der Waals surface area contributed by atoms with Crippen LogP contribution in [0.2, 0.25) is 0 Å². The zero-order valence-electron chi connectivity index (χ0n) is 14.9. The minimum Gasteiger partial charge on any atom is -0.383 e. The normalized spacial score (nSPS) is 21.5. The van der Waals surface area contributed by atoms with Crippen LogP contribution in [0.15, 0.2) is 29.4 Å². The van der Waals surface area contributed by atoms with Gasteiger partial charge in [0.15, 0.2) is 10.6 Å². The van der Waals surface area contributed by atoms with E-state index >= 15 is 0 Å². The number of aryl methyl sites for hydroxylation is 1. The van der Waals surface area contributed by atoms with Crippen molar-refractivity contribution in [2.75, 3.05) is 0 Å². The summed E-state index contributed by atoms with van der Waals surface area (Å²) in [7, 11) is 0. The van der Waals surface area contributed by atoms with Crippen LogP contribution in [-0.2, 0) is 10.4 Å². The van der Waals surface area contributed by atoms with Crippen molar-refractivity contribution in [3.63, 3.8) is 0 Å². The lowest BCUT2D eigenvalue weighted by Crippen LogP contribution is -2.25. The third-order valence-corrected chi connectivity index (χ3v) is 6.04. The van der Waals surface area contributed by atoms with E-state index in [0.717, 1.165) is 23.4 Å². The molecule has 1 aromatic heterocycles. The van der Waals surface area contributed by atoms with E-state index in [0.29, 0.717) is 22.7 Å². The molecule has 1 aromatic carbocycles. The summed E-state index contributed by atoms with van der Waals surface area (Å²) in [5.41, 5.74) is 1.29. The van der Waals surface area contributed by atoms with Gasteiger partial charge in [0.05, 0.1) is 21.2 Å². The maximum absolute atomic E-state index is 12.3. The average molecular weight is 386 g/mol. The molecule has 1 aliphatic carbocycles. The first kappa shape index (κ1) is 17.6. The van der Waals surface area contributed by atoms with Crippen LogP contribution in [0.4, 0.5) is 5.69 Å². The highest BCUT2D eigenvalue weighted by Gasteiger charge is 2.41. The molecule has 9 heteroatoms. The molecule has 1 fully saturated rings. The molecular weight excluding hydrogens is 368 g/mol. The third kappa shape index (κ3) is 3.42. The van der Waals surface area contributed by atoms with Crippen molar-refractivity contribution < 1.29 is 14.6 Å². The molecule has 2 heterocycles. The zero-order valence-corrected chi connectivity index (χ0v) is 15.7. The molecule has 0 bridgehead atoms. The van der Waals surface area contributed by atoms with Gasteiger partial charge in [-0.1, -0.05) is 17.3 Å². The second kappa shape index (κ2) is 6.41. The van der Waals surface area contributed by atoms with Gasteiger partial charge in [0.2, 0.25) is 0 Å². The Hall–Kier alpha value is -2.81. The van der Waals surface area contributed by atoms with Crippen LogP contribution in [0.25, 0.3) is 0 Å². The maximum atomic E-state index is 12.3. The summed E-state index contributed by atoms with van der Waals surface area (Å²) in [6, 6.07) is 6.60. The standard InChI is InChI=1S/C18H18N4O4S/c1-10-15(27-17(19-10)16(23)20-12-6-7-12)18(2)9-14(21-26-18)11-4-3-5-13(8-11)22(24)25/h3-5,8,12H,6-7,9H2,1-2H3,(H,20,23). The lowest BCUT2D eigenvalue weighted by atomic mass is 9.93. The van der Waals surface area contributed by atoms with Crippen LogP contribution in [-0.4, -0.2) is 27.6 Å². The van der Waals surface area contributed by atoms with Crippen LogP contribution >= 0.6 is 11.3 Å². The van der Waals surface area contributed by atoms with E-state index in [-0.39, 0.29) is 17.6 Å². The molecule has 8 nitrogen and oxygen atoms in total. The van der Waals surface area contributed by atoms with Crippen molar-refractivity contribution in [1.82, 2.24) is 10.3 Å². The van der Waals surface area contributed by atoms with Crippen molar-refractivity contribution in [2.45, 2.75) is 44.8 Å². The zero-order chi connectivity index (χ0) is 19.2. The Morgan fingerprint density at radius 3 is 2.93 bits per heavy atom. The molecule has 140 valence electrons. The monoisotopic (exact) mass is 386 g/mol. The molecule has 1 saturated carbocycles. The van der Waals surface area contributed by atoms with E-state index in [1.807, 2.05) is 13.8 Å².